The van der Waals surface area contributed by atoms with Gasteiger partial charge in [0.15, 0.2) is 0 Å². The van der Waals surface area contributed by atoms with Gasteiger partial charge in [0.05, 0.1) is 13.2 Å². The molecule has 1 aromatic carbocycles. The largest absolute Gasteiger partial charge is 0.379 e. The van der Waals surface area contributed by atoms with Crippen LogP contribution in [0.2, 0.25) is 0 Å². The number of hydrogen-bond acceptors (Lipinski definition) is 3. The van der Waals surface area contributed by atoms with Gasteiger partial charge in [-0.05, 0) is 32.3 Å². The van der Waals surface area contributed by atoms with Crippen LogP contribution in [0.15, 0.2) is 30.3 Å². The van der Waals surface area contributed by atoms with E-state index in [2.05, 4.69) is 61.3 Å². The van der Waals surface area contributed by atoms with Gasteiger partial charge < -0.3 is 10.1 Å². The molecule has 0 radical (unpaired) electrons. The lowest BCUT2D eigenvalue weighted by Crippen LogP contribution is -2.56. The molecule has 1 N–H and O–H groups in total. The molecule has 0 spiro atoms. The lowest BCUT2D eigenvalue weighted by molar-refractivity contribution is -0.0104. The maximum atomic E-state index is 5.46. The Labute approximate surface area is 129 Å². The predicted molar refractivity (Wildman–Crippen MR) is 88.7 cm³/mol. The molecule has 118 valence electrons. The molecule has 1 aromatic rings. The predicted octanol–water partition coefficient (Wildman–Crippen LogP) is 2.71. The average molecular weight is 290 g/mol. The summed E-state index contributed by atoms with van der Waals surface area (Å²) in [7, 11) is 0. The van der Waals surface area contributed by atoms with Crippen LogP contribution >= 0.6 is 0 Å². The van der Waals surface area contributed by atoms with Crippen molar-refractivity contribution in [2.24, 2.45) is 0 Å². The van der Waals surface area contributed by atoms with Gasteiger partial charge >= 0.3 is 0 Å². The van der Waals surface area contributed by atoms with E-state index in [1.807, 2.05) is 0 Å². The van der Waals surface area contributed by atoms with Crippen molar-refractivity contribution in [1.82, 2.24) is 10.2 Å². The monoisotopic (exact) mass is 290 g/mol. The van der Waals surface area contributed by atoms with Crippen LogP contribution in [0, 0.1) is 0 Å². The van der Waals surface area contributed by atoms with Gasteiger partial charge in [0.25, 0.3) is 0 Å². The smallest absolute Gasteiger partial charge is 0.0594 e. The average Bonchev–Trinajstić information content (AvgIpc) is 2.53. The number of ether oxygens (including phenoxy) is 1. The van der Waals surface area contributed by atoms with Crippen LogP contribution in [0.5, 0.6) is 0 Å². The van der Waals surface area contributed by atoms with Crippen LogP contribution in [0.1, 0.15) is 32.8 Å². The lowest BCUT2D eigenvalue weighted by Gasteiger charge is -2.41. The van der Waals surface area contributed by atoms with E-state index < -0.39 is 0 Å². The summed E-state index contributed by atoms with van der Waals surface area (Å²) in [5.74, 6) is 0. The number of benzene rings is 1. The minimum absolute atomic E-state index is 0.188. The molecule has 1 aliphatic rings. The summed E-state index contributed by atoms with van der Waals surface area (Å²) in [6, 6.07) is 11.3. The molecular weight excluding hydrogens is 260 g/mol. The molecule has 1 aliphatic heterocycles. The zero-order valence-corrected chi connectivity index (χ0v) is 13.8. The number of morpholine rings is 1. The lowest BCUT2D eigenvalue weighted by atomic mass is 9.99. The Hall–Kier alpha value is -0.900. The fourth-order valence-electron chi connectivity index (χ4n) is 2.93. The van der Waals surface area contributed by atoms with Gasteiger partial charge in [-0.2, -0.15) is 0 Å². The fourth-order valence-corrected chi connectivity index (χ4v) is 2.93. The Kier molecular flexibility index (Phi) is 6.22. The van der Waals surface area contributed by atoms with E-state index in [0.29, 0.717) is 6.04 Å². The van der Waals surface area contributed by atoms with Crippen LogP contribution in [0.4, 0.5) is 0 Å². The van der Waals surface area contributed by atoms with E-state index in [1.165, 1.54) is 5.56 Å². The minimum Gasteiger partial charge on any atom is -0.379 e. The quantitative estimate of drug-likeness (QED) is 0.835. The Bertz CT molecular complexity index is 399. The molecule has 3 nitrogen and oxygen atoms in total. The van der Waals surface area contributed by atoms with Crippen molar-refractivity contribution in [3.8, 4) is 0 Å². The second kappa shape index (κ2) is 7.92. The van der Waals surface area contributed by atoms with Crippen LogP contribution in [-0.4, -0.2) is 49.3 Å². The highest BCUT2D eigenvalue weighted by Crippen LogP contribution is 2.16. The molecular formula is C18H30N2O. The van der Waals surface area contributed by atoms with Gasteiger partial charge in [-0.25, -0.2) is 0 Å². The molecule has 2 rings (SSSR count). The summed E-state index contributed by atoms with van der Waals surface area (Å²) >= 11 is 0. The molecule has 1 atom stereocenters. The summed E-state index contributed by atoms with van der Waals surface area (Å²) in [5, 5.41) is 3.77. The Morgan fingerprint density at radius 1 is 1.19 bits per heavy atom. The number of nitrogens with zero attached hydrogens (tertiary/aromatic N) is 1. The van der Waals surface area contributed by atoms with Gasteiger partial charge in [-0.15, -0.1) is 0 Å². The van der Waals surface area contributed by atoms with E-state index in [9.17, 15) is 0 Å². The number of rotatable bonds is 7. The summed E-state index contributed by atoms with van der Waals surface area (Å²) in [6.07, 6.45) is 2.27. The molecule has 0 aliphatic carbocycles. The van der Waals surface area contributed by atoms with Crippen LogP contribution in [0.3, 0.4) is 0 Å². The van der Waals surface area contributed by atoms with Crippen molar-refractivity contribution in [2.75, 3.05) is 32.8 Å². The first-order valence-corrected chi connectivity index (χ1v) is 8.22. The van der Waals surface area contributed by atoms with E-state index >= 15 is 0 Å². The molecule has 21 heavy (non-hydrogen) atoms. The SMILES string of the molecule is CCC(Cc1ccccc1)NCC(C)(C)N1CCOCC1. The van der Waals surface area contributed by atoms with Crippen molar-refractivity contribution in [3.05, 3.63) is 35.9 Å². The first-order valence-electron chi connectivity index (χ1n) is 8.22. The first kappa shape index (κ1) is 16.5. The van der Waals surface area contributed by atoms with Crippen molar-refractivity contribution in [3.63, 3.8) is 0 Å². The van der Waals surface area contributed by atoms with E-state index in [1.54, 1.807) is 0 Å². The topological polar surface area (TPSA) is 24.5 Å². The summed E-state index contributed by atoms with van der Waals surface area (Å²) in [5.41, 5.74) is 1.61. The molecule has 0 saturated carbocycles. The summed E-state index contributed by atoms with van der Waals surface area (Å²) in [6.45, 7) is 11.8. The second-order valence-corrected chi connectivity index (χ2v) is 6.59. The zero-order valence-electron chi connectivity index (χ0n) is 13.8. The minimum atomic E-state index is 0.188. The highest BCUT2D eigenvalue weighted by molar-refractivity contribution is 5.15. The molecule has 1 heterocycles. The van der Waals surface area contributed by atoms with Gasteiger partial charge in [0.2, 0.25) is 0 Å². The van der Waals surface area contributed by atoms with E-state index in [0.717, 1.165) is 45.7 Å². The van der Waals surface area contributed by atoms with Gasteiger partial charge in [0, 0.05) is 31.2 Å². The molecule has 0 bridgehead atoms. The van der Waals surface area contributed by atoms with Crippen molar-refractivity contribution in [2.45, 2.75) is 45.2 Å². The van der Waals surface area contributed by atoms with E-state index in [4.69, 9.17) is 4.74 Å². The van der Waals surface area contributed by atoms with Crippen LogP contribution < -0.4 is 5.32 Å². The molecule has 1 fully saturated rings. The van der Waals surface area contributed by atoms with Crippen LogP contribution in [0.25, 0.3) is 0 Å². The standard InChI is InChI=1S/C18H30N2O/c1-4-17(14-16-8-6-5-7-9-16)19-15-18(2,3)20-10-12-21-13-11-20/h5-9,17,19H,4,10-15H2,1-3H3. The summed E-state index contributed by atoms with van der Waals surface area (Å²) < 4.78 is 5.46. The maximum Gasteiger partial charge on any atom is 0.0594 e. The third-order valence-electron chi connectivity index (χ3n) is 4.51. The van der Waals surface area contributed by atoms with Crippen molar-refractivity contribution in [1.29, 1.82) is 0 Å². The number of nitrogens with one attached hydrogen (secondary N) is 1. The number of hydrogen-bond donors (Lipinski definition) is 1. The van der Waals surface area contributed by atoms with Crippen LogP contribution in [-0.2, 0) is 11.2 Å². The third-order valence-corrected chi connectivity index (χ3v) is 4.51. The molecule has 1 saturated heterocycles. The normalized spacial score (nSPS) is 18.6. The maximum absolute atomic E-state index is 5.46. The Morgan fingerprint density at radius 3 is 2.48 bits per heavy atom. The zero-order chi connectivity index (χ0) is 15.1. The first-order chi connectivity index (χ1) is 10.1. The second-order valence-electron chi connectivity index (χ2n) is 6.59. The fraction of sp³-hybridized carbons (Fsp3) is 0.667. The van der Waals surface area contributed by atoms with Crippen molar-refractivity contribution < 1.29 is 4.74 Å². The van der Waals surface area contributed by atoms with Gasteiger partial charge in [-0.3, -0.25) is 4.90 Å². The van der Waals surface area contributed by atoms with E-state index in [-0.39, 0.29) is 5.54 Å². The molecule has 1 unspecified atom stereocenters. The Morgan fingerprint density at radius 2 is 1.86 bits per heavy atom. The highest BCUT2D eigenvalue weighted by atomic mass is 16.5. The molecule has 0 aromatic heterocycles. The third kappa shape index (κ3) is 5.10. The molecule has 3 heteroatoms. The summed E-state index contributed by atoms with van der Waals surface area (Å²) in [4.78, 5) is 2.54. The van der Waals surface area contributed by atoms with Gasteiger partial charge in [0.1, 0.15) is 0 Å². The Balaban J connectivity index is 1.84. The highest BCUT2D eigenvalue weighted by Gasteiger charge is 2.28. The molecule has 0 amide bonds. The van der Waals surface area contributed by atoms with Crippen molar-refractivity contribution >= 4 is 0 Å². The van der Waals surface area contributed by atoms with Gasteiger partial charge in [-0.1, -0.05) is 37.3 Å².